The molecule has 1 heterocycles. The van der Waals surface area contributed by atoms with E-state index in [-0.39, 0.29) is 35.6 Å². The van der Waals surface area contributed by atoms with E-state index >= 15 is 0 Å². The van der Waals surface area contributed by atoms with Crippen molar-refractivity contribution in [1.82, 2.24) is 0 Å². The first kappa shape index (κ1) is 14.0. The van der Waals surface area contributed by atoms with Crippen molar-refractivity contribution < 1.29 is 17.6 Å². The number of hydrogen-bond donors (Lipinski definition) is 1. The van der Waals surface area contributed by atoms with Crippen molar-refractivity contribution >= 4 is 21.4 Å². The average Bonchev–Trinajstić information content (AvgIpc) is 2.63. The van der Waals surface area contributed by atoms with Crippen LogP contribution in [0.25, 0.3) is 0 Å². The van der Waals surface area contributed by atoms with Crippen LogP contribution in [0.3, 0.4) is 0 Å². The molecular weight excluding hydrogens is 269 g/mol. The van der Waals surface area contributed by atoms with Gasteiger partial charge in [0, 0.05) is 12.1 Å². The molecule has 1 aliphatic heterocycles. The van der Waals surface area contributed by atoms with Gasteiger partial charge in [0.05, 0.1) is 11.5 Å². The van der Waals surface area contributed by atoms with Crippen LogP contribution in [-0.2, 0) is 14.6 Å². The molecule has 0 spiro atoms. The second kappa shape index (κ2) is 5.28. The summed E-state index contributed by atoms with van der Waals surface area (Å²) in [5.41, 5.74) is 0.911. The molecule has 0 saturated carbocycles. The molecule has 2 rings (SSSR count). The molecule has 1 aromatic carbocycles. The third-order valence-electron chi connectivity index (χ3n) is 3.26. The maximum Gasteiger partial charge on any atom is 0.224 e. The Kier molecular flexibility index (Phi) is 3.89. The molecule has 1 amide bonds. The largest absolute Gasteiger partial charge is 0.326 e. The van der Waals surface area contributed by atoms with Gasteiger partial charge in [0.2, 0.25) is 5.91 Å². The molecule has 0 radical (unpaired) electrons. The van der Waals surface area contributed by atoms with Crippen molar-refractivity contribution in [2.45, 2.75) is 19.8 Å². The smallest absolute Gasteiger partial charge is 0.224 e. The van der Waals surface area contributed by atoms with Gasteiger partial charge in [0.1, 0.15) is 5.82 Å². The second-order valence-corrected chi connectivity index (χ2v) is 7.21. The van der Waals surface area contributed by atoms with E-state index in [1.54, 1.807) is 19.1 Å². The molecule has 0 unspecified atom stereocenters. The molecule has 0 aliphatic carbocycles. The van der Waals surface area contributed by atoms with Gasteiger partial charge in [-0.25, -0.2) is 12.8 Å². The first-order valence-corrected chi connectivity index (χ1v) is 7.94. The lowest BCUT2D eigenvalue weighted by atomic mass is 10.0. The molecule has 0 aromatic heterocycles. The van der Waals surface area contributed by atoms with Crippen molar-refractivity contribution in [2.24, 2.45) is 5.92 Å². The predicted octanol–water partition coefficient (Wildman–Crippen LogP) is 1.90. The molecule has 1 aliphatic rings. The van der Waals surface area contributed by atoms with Crippen molar-refractivity contribution in [2.75, 3.05) is 16.8 Å². The van der Waals surface area contributed by atoms with Crippen molar-refractivity contribution in [1.29, 1.82) is 0 Å². The van der Waals surface area contributed by atoms with Crippen LogP contribution >= 0.6 is 0 Å². The van der Waals surface area contributed by atoms with E-state index in [1.165, 1.54) is 6.07 Å². The van der Waals surface area contributed by atoms with Crippen LogP contribution in [0.5, 0.6) is 0 Å². The molecule has 4 nitrogen and oxygen atoms in total. The molecular formula is C13H16FNO3S. The number of nitrogens with one attached hydrogen (secondary N) is 1. The van der Waals surface area contributed by atoms with Crippen LogP contribution in [0.1, 0.15) is 18.4 Å². The van der Waals surface area contributed by atoms with Crippen LogP contribution in [0.15, 0.2) is 18.2 Å². The number of amides is 1. The Morgan fingerprint density at radius 3 is 2.79 bits per heavy atom. The fraction of sp³-hybridized carbons (Fsp3) is 0.462. The van der Waals surface area contributed by atoms with E-state index in [0.29, 0.717) is 17.7 Å². The molecule has 1 atom stereocenters. The summed E-state index contributed by atoms with van der Waals surface area (Å²) in [6.45, 7) is 1.64. The van der Waals surface area contributed by atoms with Crippen molar-refractivity contribution in [3.63, 3.8) is 0 Å². The number of carbonyl (C=O) groups excluding carboxylic acids is 1. The minimum atomic E-state index is -2.97. The van der Waals surface area contributed by atoms with Gasteiger partial charge in [-0.3, -0.25) is 4.79 Å². The molecule has 1 fully saturated rings. The summed E-state index contributed by atoms with van der Waals surface area (Å²) in [5.74, 6) is -0.542. The van der Waals surface area contributed by atoms with E-state index in [2.05, 4.69) is 5.32 Å². The maximum atomic E-state index is 13.3. The summed E-state index contributed by atoms with van der Waals surface area (Å²) in [5, 5.41) is 2.59. The van der Waals surface area contributed by atoms with E-state index in [4.69, 9.17) is 0 Å². The predicted molar refractivity (Wildman–Crippen MR) is 71.1 cm³/mol. The first-order chi connectivity index (χ1) is 8.85. The van der Waals surface area contributed by atoms with Crippen LogP contribution in [0.2, 0.25) is 0 Å². The van der Waals surface area contributed by atoms with Gasteiger partial charge < -0.3 is 5.32 Å². The van der Waals surface area contributed by atoms with Gasteiger partial charge >= 0.3 is 0 Å². The van der Waals surface area contributed by atoms with Crippen LogP contribution in [-0.4, -0.2) is 25.8 Å². The topological polar surface area (TPSA) is 63.2 Å². The Balaban J connectivity index is 1.93. The molecule has 1 aromatic rings. The molecule has 19 heavy (non-hydrogen) atoms. The molecule has 1 N–H and O–H groups in total. The minimum absolute atomic E-state index is 0.0721. The van der Waals surface area contributed by atoms with Crippen LogP contribution in [0.4, 0.5) is 10.1 Å². The zero-order valence-corrected chi connectivity index (χ0v) is 11.5. The summed E-state index contributed by atoms with van der Waals surface area (Å²) in [4.78, 5) is 11.7. The van der Waals surface area contributed by atoms with Gasteiger partial charge in [0.25, 0.3) is 0 Å². The zero-order chi connectivity index (χ0) is 14.0. The lowest BCUT2D eigenvalue weighted by molar-refractivity contribution is -0.116. The fourth-order valence-electron chi connectivity index (χ4n) is 2.18. The number of carbonyl (C=O) groups is 1. The Hall–Kier alpha value is -1.43. The van der Waals surface area contributed by atoms with Crippen LogP contribution in [0, 0.1) is 18.7 Å². The summed E-state index contributed by atoms with van der Waals surface area (Å²) in [6, 6.07) is 4.48. The quantitative estimate of drug-likeness (QED) is 0.922. The average molecular weight is 285 g/mol. The summed E-state index contributed by atoms with van der Waals surface area (Å²) in [7, 11) is -2.97. The first-order valence-electron chi connectivity index (χ1n) is 6.12. The minimum Gasteiger partial charge on any atom is -0.326 e. The monoisotopic (exact) mass is 285 g/mol. The lowest BCUT2D eigenvalue weighted by Gasteiger charge is -2.09. The Labute approximate surface area is 111 Å². The Morgan fingerprint density at radius 2 is 2.21 bits per heavy atom. The number of aryl methyl sites for hydroxylation is 1. The van der Waals surface area contributed by atoms with Gasteiger partial charge in [-0.1, -0.05) is 6.07 Å². The van der Waals surface area contributed by atoms with E-state index in [9.17, 15) is 17.6 Å². The highest BCUT2D eigenvalue weighted by molar-refractivity contribution is 7.91. The third-order valence-corrected chi connectivity index (χ3v) is 5.09. The number of anilines is 1. The molecule has 1 saturated heterocycles. The maximum absolute atomic E-state index is 13.3. The number of benzene rings is 1. The molecule has 104 valence electrons. The number of halogens is 1. The number of sulfone groups is 1. The van der Waals surface area contributed by atoms with E-state index < -0.39 is 9.84 Å². The Morgan fingerprint density at radius 1 is 1.47 bits per heavy atom. The fourth-order valence-corrected chi connectivity index (χ4v) is 4.04. The Bertz CT molecular complexity index is 598. The molecule has 6 heteroatoms. The summed E-state index contributed by atoms with van der Waals surface area (Å²) < 4.78 is 35.9. The number of hydrogen-bond acceptors (Lipinski definition) is 3. The number of rotatable bonds is 3. The van der Waals surface area contributed by atoms with E-state index in [0.717, 1.165) is 0 Å². The normalized spacial score (nSPS) is 21.3. The standard InChI is InChI=1S/C13H16FNO3S/c1-9-2-3-11(7-12(9)14)15-13(16)6-10-4-5-19(17,18)8-10/h2-3,7,10H,4-6,8H2,1H3,(H,15,16)/t10-/m0/s1. The summed E-state index contributed by atoms with van der Waals surface area (Å²) >= 11 is 0. The summed E-state index contributed by atoms with van der Waals surface area (Å²) in [6.07, 6.45) is 0.687. The lowest BCUT2D eigenvalue weighted by Crippen LogP contribution is -2.17. The highest BCUT2D eigenvalue weighted by atomic mass is 32.2. The SMILES string of the molecule is Cc1ccc(NC(=O)C[C@@H]2CCS(=O)(=O)C2)cc1F. The van der Waals surface area contributed by atoms with Crippen molar-refractivity contribution in [3.8, 4) is 0 Å². The highest BCUT2D eigenvalue weighted by Crippen LogP contribution is 2.22. The highest BCUT2D eigenvalue weighted by Gasteiger charge is 2.29. The zero-order valence-electron chi connectivity index (χ0n) is 10.6. The third kappa shape index (κ3) is 3.76. The van der Waals surface area contributed by atoms with Gasteiger partial charge in [-0.2, -0.15) is 0 Å². The van der Waals surface area contributed by atoms with Crippen LogP contribution < -0.4 is 5.32 Å². The van der Waals surface area contributed by atoms with Crippen molar-refractivity contribution in [3.05, 3.63) is 29.6 Å². The van der Waals surface area contributed by atoms with Gasteiger partial charge in [0.15, 0.2) is 9.84 Å². The van der Waals surface area contributed by atoms with Gasteiger partial charge in [-0.05, 0) is 37.0 Å². The van der Waals surface area contributed by atoms with Gasteiger partial charge in [-0.15, -0.1) is 0 Å². The molecule has 0 bridgehead atoms. The second-order valence-electron chi connectivity index (χ2n) is 4.99. The van der Waals surface area contributed by atoms with E-state index in [1.807, 2.05) is 0 Å².